The lowest BCUT2D eigenvalue weighted by Gasteiger charge is -2.12. The van der Waals surface area contributed by atoms with Crippen LogP contribution in [0, 0.1) is 0 Å². The highest BCUT2D eigenvalue weighted by atomic mass is 16.2. The summed E-state index contributed by atoms with van der Waals surface area (Å²) in [7, 11) is 0. The summed E-state index contributed by atoms with van der Waals surface area (Å²) in [6.45, 7) is 1.77. The molecule has 0 saturated heterocycles. The van der Waals surface area contributed by atoms with Crippen molar-refractivity contribution in [1.82, 2.24) is 9.78 Å². The summed E-state index contributed by atoms with van der Waals surface area (Å²) in [6.07, 6.45) is 1.69. The number of nitrogens with one attached hydrogen (secondary N) is 1. The number of nitrogens with zero attached hydrogens (tertiary/aromatic N) is 2. The Hall–Kier alpha value is -2.30. The molecule has 0 radical (unpaired) electrons. The molecule has 88 valence electrons. The molecule has 0 aliphatic carbocycles. The summed E-state index contributed by atoms with van der Waals surface area (Å²) in [4.78, 5) is 11.9. The molecule has 2 rings (SSSR count). The van der Waals surface area contributed by atoms with E-state index < -0.39 is 6.04 Å². The molecule has 5 heteroatoms. The molecule has 5 nitrogen and oxygen atoms in total. The molecule has 1 aromatic heterocycles. The van der Waals surface area contributed by atoms with Crippen LogP contribution in [0.2, 0.25) is 0 Å². The molecule has 1 amide bonds. The van der Waals surface area contributed by atoms with Gasteiger partial charge in [0.15, 0.2) is 0 Å². The average Bonchev–Trinajstić information content (AvgIpc) is 2.76. The minimum absolute atomic E-state index is 0.126. The topological polar surface area (TPSA) is 72.9 Å². The molecule has 1 atom stereocenters. The summed E-state index contributed by atoms with van der Waals surface area (Å²) >= 11 is 0. The Morgan fingerprint density at radius 3 is 2.65 bits per heavy atom. The van der Waals surface area contributed by atoms with Crippen LogP contribution in [0.1, 0.15) is 13.0 Å². The molecule has 0 aliphatic rings. The highest BCUT2D eigenvalue weighted by molar-refractivity contribution is 5.93. The van der Waals surface area contributed by atoms with E-state index in [2.05, 4.69) is 10.4 Å². The van der Waals surface area contributed by atoms with Crippen molar-refractivity contribution in [3.8, 4) is 0 Å². The third kappa shape index (κ3) is 2.63. The van der Waals surface area contributed by atoms with Crippen molar-refractivity contribution in [2.75, 3.05) is 11.1 Å². The van der Waals surface area contributed by atoms with E-state index in [1.54, 1.807) is 19.2 Å². The first kappa shape index (κ1) is 11.2. The number of hydrogen-bond acceptors (Lipinski definition) is 3. The van der Waals surface area contributed by atoms with Gasteiger partial charge in [0.05, 0.1) is 0 Å². The molecule has 2 aromatic rings. The van der Waals surface area contributed by atoms with Gasteiger partial charge >= 0.3 is 0 Å². The summed E-state index contributed by atoms with van der Waals surface area (Å²) < 4.78 is 1.54. The van der Waals surface area contributed by atoms with E-state index in [9.17, 15) is 4.79 Å². The van der Waals surface area contributed by atoms with Crippen LogP contribution in [0.5, 0.6) is 0 Å². The van der Waals surface area contributed by atoms with Gasteiger partial charge < -0.3 is 11.1 Å². The minimum Gasteiger partial charge on any atom is -0.382 e. The van der Waals surface area contributed by atoms with Gasteiger partial charge in [0, 0.05) is 11.9 Å². The van der Waals surface area contributed by atoms with E-state index in [4.69, 9.17) is 5.73 Å². The zero-order valence-corrected chi connectivity index (χ0v) is 9.50. The minimum atomic E-state index is -0.396. The quantitative estimate of drug-likeness (QED) is 0.842. The third-order valence-electron chi connectivity index (χ3n) is 2.45. The summed E-state index contributed by atoms with van der Waals surface area (Å²) in [6, 6.07) is 10.6. The van der Waals surface area contributed by atoms with Crippen molar-refractivity contribution in [3.63, 3.8) is 0 Å². The number of benzene rings is 1. The van der Waals surface area contributed by atoms with E-state index in [1.807, 2.05) is 30.3 Å². The van der Waals surface area contributed by atoms with Crippen molar-refractivity contribution < 1.29 is 4.79 Å². The second-order valence-corrected chi connectivity index (χ2v) is 3.75. The number of carbonyl (C=O) groups is 1. The first-order chi connectivity index (χ1) is 8.16. The molecule has 1 aromatic carbocycles. The normalized spacial score (nSPS) is 12.1. The first-order valence-electron chi connectivity index (χ1n) is 5.33. The average molecular weight is 230 g/mol. The van der Waals surface area contributed by atoms with Gasteiger partial charge in [-0.2, -0.15) is 5.10 Å². The van der Waals surface area contributed by atoms with E-state index >= 15 is 0 Å². The monoisotopic (exact) mass is 230 g/mol. The Bertz CT molecular complexity index is 506. The van der Waals surface area contributed by atoms with Crippen LogP contribution in [-0.2, 0) is 4.79 Å². The lowest BCUT2D eigenvalue weighted by molar-refractivity contribution is -0.119. The first-order valence-corrected chi connectivity index (χ1v) is 5.33. The fraction of sp³-hybridized carbons (Fsp3) is 0.167. The molecule has 1 heterocycles. The molecule has 0 saturated carbocycles. The van der Waals surface area contributed by atoms with E-state index in [0.29, 0.717) is 5.82 Å². The van der Waals surface area contributed by atoms with Gasteiger partial charge in [-0.25, -0.2) is 0 Å². The summed E-state index contributed by atoms with van der Waals surface area (Å²) in [5, 5.41) is 6.82. The van der Waals surface area contributed by atoms with Crippen molar-refractivity contribution in [2.24, 2.45) is 0 Å². The van der Waals surface area contributed by atoms with Crippen LogP contribution in [-0.4, -0.2) is 15.7 Å². The van der Waals surface area contributed by atoms with Crippen molar-refractivity contribution in [2.45, 2.75) is 13.0 Å². The fourth-order valence-corrected chi connectivity index (χ4v) is 1.46. The zero-order valence-electron chi connectivity index (χ0n) is 9.50. The highest BCUT2D eigenvalue weighted by Crippen LogP contribution is 2.11. The van der Waals surface area contributed by atoms with E-state index in [1.165, 1.54) is 4.68 Å². The molecular formula is C12H14N4O. The molecule has 1 unspecified atom stereocenters. The molecule has 0 bridgehead atoms. The Kier molecular flexibility index (Phi) is 3.09. The van der Waals surface area contributed by atoms with Crippen LogP contribution in [0.25, 0.3) is 0 Å². The van der Waals surface area contributed by atoms with Gasteiger partial charge in [-0.05, 0) is 25.1 Å². The Labute approximate surface area is 99.2 Å². The smallest absolute Gasteiger partial charge is 0.248 e. The number of rotatable bonds is 3. The maximum Gasteiger partial charge on any atom is 0.248 e. The highest BCUT2D eigenvalue weighted by Gasteiger charge is 2.15. The molecule has 0 fully saturated rings. The zero-order chi connectivity index (χ0) is 12.3. The van der Waals surface area contributed by atoms with Gasteiger partial charge in [-0.15, -0.1) is 0 Å². The third-order valence-corrected chi connectivity index (χ3v) is 2.45. The van der Waals surface area contributed by atoms with Crippen LogP contribution >= 0.6 is 0 Å². The van der Waals surface area contributed by atoms with Gasteiger partial charge in [0.25, 0.3) is 0 Å². The van der Waals surface area contributed by atoms with Crippen LogP contribution in [0.15, 0.2) is 42.6 Å². The number of nitrogens with two attached hydrogens (primary N) is 1. The second-order valence-electron chi connectivity index (χ2n) is 3.75. The largest absolute Gasteiger partial charge is 0.382 e. The van der Waals surface area contributed by atoms with Gasteiger partial charge in [0.1, 0.15) is 11.9 Å². The number of para-hydroxylation sites is 1. The standard InChI is InChI=1S/C12H14N4O/c1-9(16-8-7-11(13)15-16)12(17)14-10-5-3-2-4-6-10/h2-9H,1H3,(H2,13,15)(H,14,17). The molecular weight excluding hydrogens is 216 g/mol. The van der Waals surface area contributed by atoms with Gasteiger partial charge in [-0.1, -0.05) is 18.2 Å². The van der Waals surface area contributed by atoms with Crippen LogP contribution in [0.3, 0.4) is 0 Å². The Morgan fingerprint density at radius 1 is 1.35 bits per heavy atom. The second kappa shape index (κ2) is 4.69. The lowest BCUT2D eigenvalue weighted by atomic mass is 10.3. The van der Waals surface area contributed by atoms with Crippen molar-refractivity contribution >= 4 is 17.4 Å². The van der Waals surface area contributed by atoms with Crippen molar-refractivity contribution in [1.29, 1.82) is 0 Å². The fourth-order valence-electron chi connectivity index (χ4n) is 1.46. The number of anilines is 2. The maximum atomic E-state index is 11.9. The van der Waals surface area contributed by atoms with E-state index in [0.717, 1.165) is 5.69 Å². The predicted molar refractivity (Wildman–Crippen MR) is 66.4 cm³/mol. The van der Waals surface area contributed by atoms with Crippen LogP contribution in [0.4, 0.5) is 11.5 Å². The van der Waals surface area contributed by atoms with E-state index in [-0.39, 0.29) is 5.91 Å². The van der Waals surface area contributed by atoms with Gasteiger partial charge in [-0.3, -0.25) is 9.48 Å². The predicted octanol–water partition coefficient (Wildman–Crippen LogP) is 1.66. The number of nitrogen functional groups attached to an aromatic ring is 1. The maximum absolute atomic E-state index is 11.9. The lowest BCUT2D eigenvalue weighted by Crippen LogP contribution is -2.24. The van der Waals surface area contributed by atoms with Crippen molar-refractivity contribution in [3.05, 3.63) is 42.6 Å². The number of carbonyl (C=O) groups excluding carboxylic acids is 1. The molecule has 0 aliphatic heterocycles. The SMILES string of the molecule is CC(C(=O)Nc1ccccc1)n1ccc(N)n1. The van der Waals surface area contributed by atoms with Crippen LogP contribution < -0.4 is 11.1 Å². The number of hydrogen-bond donors (Lipinski definition) is 2. The Morgan fingerprint density at radius 2 is 2.06 bits per heavy atom. The number of amides is 1. The number of aromatic nitrogens is 2. The molecule has 3 N–H and O–H groups in total. The van der Waals surface area contributed by atoms with Gasteiger partial charge in [0.2, 0.25) is 5.91 Å². The summed E-state index contributed by atoms with van der Waals surface area (Å²) in [5.74, 6) is 0.281. The Balaban J connectivity index is 2.06. The molecule has 17 heavy (non-hydrogen) atoms. The molecule has 0 spiro atoms. The summed E-state index contributed by atoms with van der Waals surface area (Å²) in [5.41, 5.74) is 6.27.